The molecule has 0 saturated carbocycles. The van der Waals surface area contributed by atoms with Crippen LogP contribution in [0.25, 0.3) is 0 Å². The molecule has 1 atom stereocenters. The van der Waals surface area contributed by atoms with Crippen LogP contribution in [0, 0.1) is 13.8 Å². The largest absolute Gasteiger partial charge is 0.368 e. The highest BCUT2D eigenvalue weighted by atomic mass is 16.5. The first-order valence-electron chi connectivity index (χ1n) is 7.75. The average Bonchev–Trinajstić information content (AvgIpc) is 2.46. The molecule has 0 spiro atoms. The molecule has 2 rings (SSSR count). The molecule has 1 heterocycles. The fraction of sp³-hybridized carbons (Fsp3) is 0.588. The Morgan fingerprint density at radius 2 is 2.10 bits per heavy atom. The first-order chi connectivity index (χ1) is 10.1. The molecule has 1 unspecified atom stereocenters. The third-order valence-corrected chi connectivity index (χ3v) is 4.01. The fourth-order valence-corrected chi connectivity index (χ4v) is 2.83. The molecule has 0 bridgehead atoms. The molecule has 0 radical (unpaired) electrons. The van der Waals surface area contributed by atoms with Gasteiger partial charge in [-0.15, -0.1) is 0 Å². The Kier molecular flexibility index (Phi) is 5.76. The van der Waals surface area contributed by atoms with E-state index in [1.165, 1.54) is 11.1 Å². The van der Waals surface area contributed by atoms with Crippen LogP contribution in [0.1, 0.15) is 42.5 Å². The maximum absolute atomic E-state index is 12.0. The Hall–Kier alpha value is -1.39. The number of nitrogens with one attached hydrogen (secondary N) is 2. The maximum Gasteiger partial charge on any atom is 0.246 e. The first-order valence-corrected chi connectivity index (χ1v) is 7.75. The summed E-state index contributed by atoms with van der Waals surface area (Å²) >= 11 is 0. The maximum atomic E-state index is 12.0. The average molecular weight is 290 g/mol. The molecule has 116 valence electrons. The van der Waals surface area contributed by atoms with Gasteiger partial charge in [0, 0.05) is 0 Å². The van der Waals surface area contributed by atoms with Crippen molar-refractivity contribution in [3.63, 3.8) is 0 Å². The molecule has 1 aromatic carbocycles. The van der Waals surface area contributed by atoms with Crippen LogP contribution in [0.15, 0.2) is 18.2 Å². The Balaban J connectivity index is 1.81. The SMILES string of the molecule is Cc1ccc(C(C)NC(=O)COC2CCNCC2)c(C)c1. The predicted molar refractivity (Wildman–Crippen MR) is 84.3 cm³/mol. The number of aryl methyl sites for hydroxylation is 2. The van der Waals surface area contributed by atoms with Crippen LogP contribution in [-0.4, -0.2) is 31.7 Å². The summed E-state index contributed by atoms with van der Waals surface area (Å²) in [5.41, 5.74) is 3.61. The molecular weight excluding hydrogens is 264 g/mol. The van der Waals surface area contributed by atoms with Crippen LogP contribution in [0.5, 0.6) is 0 Å². The lowest BCUT2D eigenvalue weighted by atomic mass is 10.0. The molecule has 1 fully saturated rings. The van der Waals surface area contributed by atoms with Gasteiger partial charge in [0.15, 0.2) is 0 Å². The second-order valence-electron chi connectivity index (χ2n) is 5.91. The van der Waals surface area contributed by atoms with Crippen molar-refractivity contribution >= 4 is 5.91 Å². The van der Waals surface area contributed by atoms with Gasteiger partial charge in [0.25, 0.3) is 0 Å². The minimum absolute atomic E-state index is 0.00900. The molecule has 4 nitrogen and oxygen atoms in total. The van der Waals surface area contributed by atoms with Gasteiger partial charge in [-0.3, -0.25) is 4.79 Å². The number of hydrogen-bond donors (Lipinski definition) is 2. The van der Waals surface area contributed by atoms with Crippen molar-refractivity contribution in [2.75, 3.05) is 19.7 Å². The van der Waals surface area contributed by atoms with Crippen molar-refractivity contribution in [2.45, 2.75) is 45.8 Å². The van der Waals surface area contributed by atoms with Gasteiger partial charge >= 0.3 is 0 Å². The predicted octanol–water partition coefficient (Wildman–Crippen LogP) is 2.25. The highest BCUT2D eigenvalue weighted by Gasteiger charge is 2.16. The Bertz CT molecular complexity index is 482. The number of carbonyl (C=O) groups excluding carboxylic acids is 1. The normalized spacial score (nSPS) is 17.5. The van der Waals surface area contributed by atoms with Gasteiger partial charge in [0.1, 0.15) is 6.61 Å². The first kappa shape index (κ1) is 16.0. The Morgan fingerprint density at radius 3 is 2.76 bits per heavy atom. The van der Waals surface area contributed by atoms with E-state index in [0.717, 1.165) is 31.5 Å². The monoisotopic (exact) mass is 290 g/mol. The zero-order valence-corrected chi connectivity index (χ0v) is 13.2. The highest BCUT2D eigenvalue weighted by Crippen LogP contribution is 2.18. The second kappa shape index (κ2) is 7.57. The van der Waals surface area contributed by atoms with E-state index < -0.39 is 0 Å². The molecule has 0 aromatic heterocycles. The zero-order valence-electron chi connectivity index (χ0n) is 13.2. The number of rotatable bonds is 5. The van der Waals surface area contributed by atoms with Crippen molar-refractivity contribution in [1.29, 1.82) is 0 Å². The van der Waals surface area contributed by atoms with Gasteiger partial charge < -0.3 is 15.4 Å². The standard InChI is InChI=1S/C17H26N2O2/c1-12-4-5-16(13(2)10-12)14(3)19-17(20)11-21-15-6-8-18-9-7-15/h4-5,10,14-15,18H,6-9,11H2,1-3H3,(H,19,20). The third-order valence-electron chi connectivity index (χ3n) is 4.01. The minimum atomic E-state index is -0.0407. The third kappa shape index (κ3) is 4.83. The summed E-state index contributed by atoms with van der Waals surface area (Å²) in [5.74, 6) is -0.0407. The lowest BCUT2D eigenvalue weighted by Gasteiger charge is -2.23. The summed E-state index contributed by atoms with van der Waals surface area (Å²) in [7, 11) is 0. The van der Waals surface area contributed by atoms with Crippen molar-refractivity contribution in [3.8, 4) is 0 Å². The smallest absolute Gasteiger partial charge is 0.246 e. The van der Waals surface area contributed by atoms with E-state index in [2.05, 4.69) is 42.7 Å². The van der Waals surface area contributed by atoms with Crippen LogP contribution in [0.2, 0.25) is 0 Å². The van der Waals surface area contributed by atoms with E-state index in [1.807, 2.05) is 6.92 Å². The molecule has 21 heavy (non-hydrogen) atoms. The Labute approximate surface area is 127 Å². The number of benzene rings is 1. The van der Waals surface area contributed by atoms with Crippen molar-refractivity contribution in [1.82, 2.24) is 10.6 Å². The van der Waals surface area contributed by atoms with Gasteiger partial charge in [-0.25, -0.2) is 0 Å². The van der Waals surface area contributed by atoms with E-state index in [9.17, 15) is 4.79 Å². The fourth-order valence-electron chi connectivity index (χ4n) is 2.83. The number of piperidine rings is 1. The van der Waals surface area contributed by atoms with E-state index in [0.29, 0.717) is 0 Å². The molecule has 1 saturated heterocycles. The number of carbonyl (C=O) groups is 1. The van der Waals surface area contributed by atoms with Gasteiger partial charge in [0.05, 0.1) is 12.1 Å². The summed E-state index contributed by atoms with van der Waals surface area (Å²) in [4.78, 5) is 12.0. The molecule has 1 amide bonds. The molecule has 1 aliphatic heterocycles. The van der Waals surface area contributed by atoms with Crippen LogP contribution < -0.4 is 10.6 Å². The summed E-state index contributed by atoms with van der Waals surface area (Å²) in [6.07, 6.45) is 2.19. The van der Waals surface area contributed by atoms with Crippen LogP contribution >= 0.6 is 0 Å². The van der Waals surface area contributed by atoms with Gasteiger partial charge in [-0.05, 0) is 57.8 Å². The van der Waals surface area contributed by atoms with E-state index in [-0.39, 0.29) is 24.7 Å². The topological polar surface area (TPSA) is 50.4 Å². The molecule has 0 aliphatic carbocycles. The van der Waals surface area contributed by atoms with Crippen LogP contribution in [0.3, 0.4) is 0 Å². The van der Waals surface area contributed by atoms with Crippen molar-refractivity contribution in [3.05, 3.63) is 34.9 Å². The Morgan fingerprint density at radius 1 is 1.38 bits per heavy atom. The lowest BCUT2D eigenvalue weighted by molar-refractivity contribution is -0.128. The number of ether oxygens (including phenoxy) is 1. The summed E-state index contributed by atoms with van der Waals surface area (Å²) in [6, 6.07) is 6.32. The second-order valence-corrected chi connectivity index (χ2v) is 5.91. The molecule has 4 heteroatoms. The molecular formula is C17H26N2O2. The van der Waals surface area contributed by atoms with Gasteiger partial charge in [-0.1, -0.05) is 23.8 Å². The quantitative estimate of drug-likeness (QED) is 0.874. The molecule has 1 aromatic rings. The lowest BCUT2D eigenvalue weighted by Crippen LogP contribution is -2.36. The summed E-state index contributed by atoms with van der Waals surface area (Å²) in [6.45, 7) is 8.28. The highest BCUT2D eigenvalue weighted by molar-refractivity contribution is 5.77. The summed E-state index contributed by atoms with van der Waals surface area (Å²) in [5, 5.41) is 6.30. The minimum Gasteiger partial charge on any atom is -0.368 e. The van der Waals surface area contributed by atoms with E-state index in [1.54, 1.807) is 0 Å². The van der Waals surface area contributed by atoms with Crippen molar-refractivity contribution in [2.24, 2.45) is 0 Å². The van der Waals surface area contributed by atoms with E-state index >= 15 is 0 Å². The summed E-state index contributed by atoms with van der Waals surface area (Å²) < 4.78 is 5.68. The van der Waals surface area contributed by atoms with Crippen LogP contribution in [-0.2, 0) is 9.53 Å². The molecule has 2 N–H and O–H groups in total. The van der Waals surface area contributed by atoms with Gasteiger partial charge in [0.2, 0.25) is 5.91 Å². The number of hydrogen-bond acceptors (Lipinski definition) is 3. The van der Waals surface area contributed by atoms with E-state index in [4.69, 9.17) is 4.74 Å². The molecule has 1 aliphatic rings. The van der Waals surface area contributed by atoms with Crippen molar-refractivity contribution < 1.29 is 9.53 Å². The van der Waals surface area contributed by atoms with Gasteiger partial charge in [-0.2, -0.15) is 0 Å². The number of amides is 1. The van der Waals surface area contributed by atoms with Crippen LogP contribution in [0.4, 0.5) is 0 Å². The zero-order chi connectivity index (χ0) is 15.2.